The molecule has 0 radical (unpaired) electrons. The van der Waals surface area contributed by atoms with E-state index < -0.39 is 16.1 Å². The maximum Gasteiger partial charge on any atom is 0.242 e. The van der Waals surface area contributed by atoms with Gasteiger partial charge in [0.05, 0.1) is 19.1 Å². The molecular formula is C28H39N3O5S. The molecule has 1 fully saturated rings. The summed E-state index contributed by atoms with van der Waals surface area (Å²) in [6.45, 7) is 4.17. The van der Waals surface area contributed by atoms with Crippen molar-refractivity contribution in [1.82, 2.24) is 10.2 Å². The van der Waals surface area contributed by atoms with E-state index in [-0.39, 0.29) is 30.8 Å². The van der Waals surface area contributed by atoms with Gasteiger partial charge in [-0.2, -0.15) is 0 Å². The summed E-state index contributed by atoms with van der Waals surface area (Å²) in [5.74, 6) is 0.0984. The van der Waals surface area contributed by atoms with Crippen LogP contribution in [0.3, 0.4) is 0 Å². The summed E-state index contributed by atoms with van der Waals surface area (Å²) < 4.78 is 31.7. The summed E-state index contributed by atoms with van der Waals surface area (Å²) in [6.07, 6.45) is 5.69. The number of aryl methyl sites for hydroxylation is 1. The fraction of sp³-hybridized carbons (Fsp3) is 0.500. The van der Waals surface area contributed by atoms with E-state index in [2.05, 4.69) is 5.32 Å². The molecule has 1 atom stereocenters. The highest BCUT2D eigenvalue weighted by atomic mass is 32.2. The number of carbonyl (C=O) groups is 2. The number of amides is 2. The van der Waals surface area contributed by atoms with Crippen molar-refractivity contribution in [2.24, 2.45) is 0 Å². The molecule has 0 heterocycles. The standard InChI is InChI=1S/C28H39N3O5S/c1-21-11-9-12-23(19-21)20-30(22(2)28(33)29-24-13-5-6-14-24)27(32)17-10-18-31(37(4,34)35)25-15-7-8-16-26(25)36-3/h7-9,11-12,15-16,19,22,24H,5-6,10,13-14,17-18,20H2,1-4H3,(H,29,33)/t22-/m0/s1. The Morgan fingerprint density at radius 2 is 1.81 bits per heavy atom. The SMILES string of the molecule is COc1ccccc1N(CCCC(=O)N(Cc1cccc(C)c1)[C@@H](C)C(=O)NC1CCCC1)S(C)(=O)=O. The molecule has 8 nitrogen and oxygen atoms in total. The Balaban J connectivity index is 1.74. The zero-order valence-corrected chi connectivity index (χ0v) is 23.1. The minimum absolute atomic E-state index is 0.105. The molecule has 0 saturated heterocycles. The number of ether oxygens (including phenoxy) is 1. The van der Waals surface area contributed by atoms with Gasteiger partial charge in [-0.15, -0.1) is 0 Å². The highest BCUT2D eigenvalue weighted by Gasteiger charge is 2.29. The average Bonchev–Trinajstić information content (AvgIpc) is 3.37. The molecule has 0 bridgehead atoms. The van der Waals surface area contributed by atoms with Gasteiger partial charge in [0.25, 0.3) is 0 Å². The molecule has 0 aromatic heterocycles. The zero-order chi connectivity index (χ0) is 27.0. The molecule has 2 aromatic carbocycles. The van der Waals surface area contributed by atoms with E-state index in [9.17, 15) is 18.0 Å². The van der Waals surface area contributed by atoms with Crippen LogP contribution in [0, 0.1) is 6.92 Å². The number of anilines is 1. The van der Waals surface area contributed by atoms with Crippen LogP contribution < -0.4 is 14.4 Å². The fourth-order valence-corrected chi connectivity index (χ4v) is 5.77. The second kappa shape index (κ2) is 12.9. The lowest BCUT2D eigenvalue weighted by Crippen LogP contribution is -2.49. The normalized spacial score (nSPS) is 14.7. The van der Waals surface area contributed by atoms with Crippen LogP contribution in [0.25, 0.3) is 0 Å². The number of sulfonamides is 1. The smallest absolute Gasteiger partial charge is 0.242 e. The van der Waals surface area contributed by atoms with Gasteiger partial charge in [0, 0.05) is 25.6 Å². The maximum absolute atomic E-state index is 13.5. The summed E-state index contributed by atoms with van der Waals surface area (Å²) in [7, 11) is -2.11. The third-order valence-electron chi connectivity index (χ3n) is 6.81. The minimum atomic E-state index is -3.60. The highest BCUT2D eigenvalue weighted by molar-refractivity contribution is 7.92. The Hall–Kier alpha value is -3.07. The zero-order valence-electron chi connectivity index (χ0n) is 22.3. The molecule has 37 heavy (non-hydrogen) atoms. The molecule has 1 aliphatic rings. The number of nitrogens with zero attached hydrogens (tertiary/aromatic N) is 2. The number of methoxy groups -OCH3 is 1. The van der Waals surface area contributed by atoms with E-state index in [1.807, 2.05) is 31.2 Å². The van der Waals surface area contributed by atoms with Gasteiger partial charge in [-0.05, 0) is 50.8 Å². The number of carbonyl (C=O) groups excluding carboxylic acids is 2. The summed E-state index contributed by atoms with van der Waals surface area (Å²) in [6, 6.07) is 14.3. The van der Waals surface area contributed by atoms with Crippen LogP contribution in [0.4, 0.5) is 5.69 Å². The van der Waals surface area contributed by atoms with Crippen LogP contribution in [-0.2, 0) is 26.2 Å². The monoisotopic (exact) mass is 529 g/mol. The van der Waals surface area contributed by atoms with Gasteiger partial charge in [0.2, 0.25) is 21.8 Å². The first-order valence-corrected chi connectivity index (χ1v) is 14.7. The van der Waals surface area contributed by atoms with Crippen molar-refractivity contribution in [1.29, 1.82) is 0 Å². The molecule has 2 aromatic rings. The van der Waals surface area contributed by atoms with Crippen LogP contribution >= 0.6 is 0 Å². The van der Waals surface area contributed by atoms with Gasteiger partial charge < -0.3 is 15.0 Å². The molecule has 3 rings (SSSR count). The summed E-state index contributed by atoms with van der Waals surface area (Å²) in [5, 5.41) is 3.11. The molecule has 1 N–H and O–H groups in total. The number of benzene rings is 2. The molecule has 1 saturated carbocycles. The number of hydrogen-bond acceptors (Lipinski definition) is 5. The Morgan fingerprint density at radius 1 is 1.11 bits per heavy atom. The van der Waals surface area contributed by atoms with Crippen molar-refractivity contribution in [2.75, 3.05) is 24.2 Å². The predicted octanol–water partition coefficient (Wildman–Crippen LogP) is 4.03. The predicted molar refractivity (Wildman–Crippen MR) is 146 cm³/mol. The maximum atomic E-state index is 13.5. The third-order valence-corrected chi connectivity index (χ3v) is 7.99. The fourth-order valence-electron chi connectivity index (χ4n) is 4.80. The van der Waals surface area contributed by atoms with Crippen molar-refractivity contribution in [3.8, 4) is 5.75 Å². The van der Waals surface area contributed by atoms with Crippen molar-refractivity contribution in [3.05, 3.63) is 59.7 Å². The molecule has 0 spiro atoms. The molecule has 2 amide bonds. The second-order valence-electron chi connectivity index (χ2n) is 9.79. The first-order valence-electron chi connectivity index (χ1n) is 12.9. The summed E-state index contributed by atoms with van der Waals surface area (Å²) in [5.41, 5.74) is 2.45. The van der Waals surface area contributed by atoms with Crippen molar-refractivity contribution < 1.29 is 22.7 Å². The van der Waals surface area contributed by atoms with E-state index in [1.54, 1.807) is 36.1 Å². The van der Waals surface area contributed by atoms with Crippen molar-refractivity contribution in [2.45, 2.75) is 71.0 Å². The summed E-state index contributed by atoms with van der Waals surface area (Å²) in [4.78, 5) is 28.1. The lowest BCUT2D eigenvalue weighted by molar-refractivity contribution is -0.141. The van der Waals surface area contributed by atoms with Crippen LogP contribution in [0.15, 0.2) is 48.5 Å². The highest BCUT2D eigenvalue weighted by Crippen LogP contribution is 2.30. The van der Waals surface area contributed by atoms with Gasteiger partial charge in [0.15, 0.2) is 0 Å². The van der Waals surface area contributed by atoms with Crippen LogP contribution in [0.2, 0.25) is 0 Å². The Bertz CT molecular complexity index is 1180. The number of nitrogens with one attached hydrogen (secondary N) is 1. The second-order valence-corrected chi connectivity index (χ2v) is 11.7. The molecule has 0 unspecified atom stereocenters. The quantitative estimate of drug-likeness (QED) is 0.448. The number of hydrogen-bond donors (Lipinski definition) is 1. The lowest BCUT2D eigenvalue weighted by atomic mass is 10.1. The Labute approximate surface area is 221 Å². The number of rotatable bonds is 12. The van der Waals surface area contributed by atoms with Crippen LogP contribution in [-0.4, -0.2) is 57.1 Å². The average molecular weight is 530 g/mol. The van der Waals surface area contributed by atoms with E-state index >= 15 is 0 Å². The molecule has 202 valence electrons. The largest absolute Gasteiger partial charge is 0.495 e. The molecule has 9 heteroatoms. The lowest BCUT2D eigenvalue weighted by Gasteiger charge is -2.30. The molecule has 1 aliphatic carbocycles. The van der Waals surface area contributed by atoms with E-state index in [4.69, 9.17) is 4.74 Å². The van der Waals surface area contributed by atoms with Gasteiger partial charge in [-0.1, -0.05) is 54.8 Å². The topological polar surface area (TPSA) is 96.0 Å². The van der Waals surface area contributed by atoms with Crippen LogP contribution in [0.1, 0.15) is 56.6 Å². The van der Waals surface area contributed by atoms with Gasteiger partial charge >= 0.3 is 0 Å². The summed E-state index contributed by atoms with van der Waals surface area (Å²) >= 11 is 0. The van der Waals surface area contributed by atoms with E-state index in [1.165, 1.54) is 11.4 Å². The molecule has 0 aliphatic heterocycles. The van der Waals surface area contributed by atoms with Gasteiger partial charge in [-0.25, -0.2) is 8.42 Å². The van der Waals surface area contributed by atoms with E-state index in [0.29, 0.717) is 24.4 Å². The van der Waals surface area contributed by atoms with Gasteiger partial charge in [-0.3, -0.25) is 13.9 Å². The number of para-hydroxylation sites is 2. The van der Waals surface area contributed by atoms with Crippen molar-refractivity contribution in [3.63, 3.8) is 0 Å². The van der Waals surface area contributed by atoms with Crippen LogP contribution in [0.5, 0.6) is 5.75 Å². The third kappa shape index (κ3) is 7.95. The van der Waals surface area contributed by atoms with E-state index in [0.717, 1.165) is 43.1 Å². The Morgan fingerprint density at radius 3 is 2.46 bits per heavy atom. The first-order chi connectivity index (χ1) is 17.6. The minimum Gasteiger partial charge on any atom is -0.495 e. The van der Waals surface area contributed by atoms with Crippen molar-refractivity contribution >= 4 is 27.5 Å². The van der Waals surface area contributed by atoms with Gasteiger partial charge in [0.1, 0.15) is 11.8 Å². The Kier molecular flexibility index (Phi) is 9.97. The first kappa shape index (κ1) is 28.5. The molecular weight excluding hydrogens is 490 g/mol.